The number of benzene rings is 2. The molecule has 0 heterocycles. The Morgan fingerprint density at radius 3 is 2.11 bits per heavy atom. The van der Waals surface area contributed by atoms with Crippen molar-refractivity contribution in [3.05, 3.63) is 60.2 Å². The van der Waals surface area contributed by atoms with Crippen molar-refractivity contribution < 1.29 is 13.2 Å². The highest BCUT2D eigenvalue weighted by Gasteiger charge is 2.21. The number of carbonyl (C=O) groups is 1. The lowest BCUT2D eigenvalue weighted by Gasteiger charge is -2.19. The van der Waals surface area contributed by atoms with Gasteiger partial charge in [-0.25, -0.2) is 8.42 Å². The third-order valence-electron chi connectivity index (χ3n) is 4.33. The monoisotopic (exact) mass is 389 g/mol. The van der Waals surface area contributed by atoms with Crippen LogP contribution in [0.3, 0.4) is 0 Å². The number of rotatable bonds is 9. The molecule has 0 saturated heterocycles. The van der Waals surface area contributed by atoms with Crippen LogP contribution in [0.25, 0.3) is 0 Å². The summed E-state index contributed by atoms with van der Waals surface area (Å²) in [4.78, 5) is 14.3. The van der Waals surface area contributed by atoms with E-state index < -0.39 is 10.0 Å². The quantitative estimate of drug-likeness (QED) is 0.715. The smallest absolute Gasteiger partial charge is 0.243 e. The molecule has 0 aliphatic carbocycles. The standard InChI is InChI=1S/C20H27N3O3S/c1-4-23(5-2)27(25,26)19-13-11-17(12-14-19)15-21-20(24)16-22(3)18-9-7-6-8-10-18/h6-14H,4-5,15-16H2,1-3H3,(H,21,24). The fourth-order valence-electron chi connectivity index (χ4n) is 2.74. The minimum absolute atomic E-state index is 0.0961. The van der Waals surface area contributed by atoms with Crippen LogP contribution in [0.1, 0.15) is 19.4 Å². The Kier molecular flexibility index (Phi) is 7.38. The molecule has 1 N–H and O–H groups in total. The Bertz CT molecular complexity index is 833. The lowest BCUT2D eigenvalue weighted by Crippen LogP contribution is -2.34. The van der Waals surface area contributed by atoms with Crippen molar-refractivity contribution >= 4 is 21.6 Å². The summed E-state index contributed by atoms with van der Waals surface area (Å²) in [6.45, 7) is 5.11. The van der Waals surface area contributed by atoms with Crippen molar-refractivity contribution in [1.29, 1.82) is 0 Å². The maximum absolute atomic E-state index is 12.5. The van der Waals surface area contributed by atoms with Gasteiger partial charge >= 0.3 is 0 Å². The van der Waals surface area contributed by atoms with Crippen LogP contribution in [0, 0.1) is 0 Å². The van der Waals surface area contributed by atoms with Gasteiger partial charge in [0.2, 0.25) is 15.9 Å². The zero-order valence-electron chi connectivity index (χ0n) is 16.1. The summed E-state index contributed by atoms with van der Waals surface area (Å²) in [5, 5.41) is 2.86. The highest BCUT2D eigenvalue weighted by Crippen LogP contribution is 2.16. The first kappa shape index (κ1) is 20.9. The van der Waals surface area contributed by atoms with Crippen LogP contribution in [0.15, 0.2) is 59.5 Å². The second-order valence-corrected chi connectivity index (χ2v) is 8.14. The van der Waals surface area contributed by atoms with E-state index in [-0.39, 0.29) is 17.3 Å². The number of hydrogen-bond donors (Lipinski definition) is 1. The van der Waals surface area contributed by atoms with E-state index in [1.807, 2.05) is 56.1 Å². The molecule has 2 aromatic rings. The van der Waals surface area contributed by atoms with Gasteiger partial charge in [-0.15, -0.1) is 0 Å². The zero-order chi connectivity index (χ0) is 19.9. The summed E-state index contributed by atoms with van der Waals surface area (Å²) in [7, 11) is -1.59. The van der Waals surface area contributed by atoms with Crippen molar-refractivity contribution in [3.8, 4) is 0 Å². The van der Waals surface area contributed by atoms with Crippen molar-refractivity contribution in [2.24, 2.45) is 0 Å². The Morgan fingerprint density at radius 2 is 1.56 bits per heavy atom. The van der Waals surface area contributed by atoms with E-state index in [9.17, 15) is 13.2 Å². The Hall–Kier alpha value is -2.38. The highest BCUT2D eigenvalue weighted by atomic mass is 32.2. The molecule has 2 rings (SSSR count). The van der Waals surface area contributed by atoms with Crippen LogP contribution in [-0.4, -0.2) is 45.3 Å². The van der Waals surface area contributed by atoms with E-state index in [1.54, 1.807) is 24.3 Å². The summed E-state index contributed by atoms with van der Waals surface area (Å²) in [5.74, 6) is -0.0961. The Labute approximate surface area is 161 Å². The number of nitrogens with zero attached hydrogens (tertiary/aromatic N) is 2. The van der Waals surface area contributed by atoms with Crippen LogP contribution in [0.4, 0.5) is 5.69 Å². The second-order valence-electron chi connectivity index (χ2n) is 6.20. The van der Waals surface area contributed by atoms with Crippen LogP contribution in [0.5, 0.6) is 0 Å². The molecule has 0 unspecified atom stereocenters. The van der Waals surface area contributed by atoms with Crippen molar-refractivity contribution in [2.75, 3.05) is 31.6 Å². The van der Waals surface area contributed by atoms with Gasteiger partial charge in [-0.1, -0.05) is 44.2 Å². The molecule has 0 bridgehead atoms. The molecule has 0 aromatic heterocycles. The number of nitrogens with one attached hydrogen (secondary N) is 1. The van der Waals surface area contributed by atoms with Gasteiger partial charge in [0.25, 0.3) is 0 Å². The average Bonchev–Trinajstić information content (AvgIpc) is 2.68. The predicted octanol–water partition coefficient (Wildman–Crippen LogP) is 2.47. The topological polar surface area (TPSA) is 69.7 Å². The molecule has 0 spiro atoms. The van der Waals surface area contributed by atoms with E-state index in [0.717, 1.165) is 11.3 Å². The van der Waals surface area contributed by atoms with Crippen LogP contribution in [0.2, 0.25) is 0 Å². The Morgan fingerprint density at radius 1 is 0.963 bits per heavy atom. The third kappa shape index (κ3) is 5.55. The van der Waals surface area contributed by atoms with Crippen LogP contribution < -0.4 is 10.2 Å². The van der Waals surface area contributed by atoms with E-state index in [0.29, 0.717) is 19.6 Å². The van der Waals surface area contributed by atoms with Crippen molar-refractivity contribution in [1.82, 2.24) is 9.62 Å². The molecule has 27 heavy (non-hydrogen) atoms. The molecular weight excluding hydrogens is 362 g/mol. The number of carbonyl (C=O) groups excluding carboxylic acids is 1. The maximum Gasteiger partial charge on any atom is 0.243 e. The van der Waals surface area contributed by atoms with Gasteiger partial charge in [-0.2, -0.15) is 4.31 Å². The van der Waals surface area contributed by atoms with Crippen LogP contribution >= 0.6 is 0 Å². The lowest BCUT2D eigenvalue weighted by molar-refractivity contribution is -0.119. The molecule has 0 saturated carbocycles. The van der Waals surface area contributed by atoms with Gasteiger partial charge in [0.15, 0.2) is 0 Å². The molecule has 2 aromatic carbocycles. The van der Waals surface area contributed by atoms with Crippen molar-refractivity contribution in [3.63, 3.8) is 0 Å². The predicted molar refractivity (Wildman–Crippen MR) is 108 cm³/mol. The fraction of sp³-hybridized carbons (Fsp3) is 0.350. The van der Waals surface area contributed by atoms with Gasteiger partial charge in [0.05, 0.1) is 11.4 Å². The second kappa shape index (κ2) is 9.53. The number of sulfonamides is 1. The summed E-state index contributed by atoms with van der Waals surface area (Å²) < 4.78 is 26.4. The number of anilines is 1. The first-order valence-corrected chi connectivity index (χ1v) is 10.4. The molecule has 146 valence electrons. The molecule has 0 aliphatic rings. The third-order valence-corrected chi connectivity index (χ3v) is 6.40. The highest BCUT2D eigenvalue weighted by molar-refractivity contribution is 7.89. The molecule has 7 heteroatoms. The van der Waals surface area contributed by atoms with E-state index >= 15 is 0 Å². The maximum atomic E-state index is 12.5. The van der Waals surface area contributed by atoms with Gasteiger partial charge in [-0.3, -0.25) is 4.79 Å². The number of para-hydroxylation sites is 1. The molecule has 0 atom stereocenters. The fourth-order valence-corrected chi connectivity index (χ4v) is 4.20. The summed E-state index contributed by atoms with van der Waals surface area (Å²) in [6, 6.07) is 16.3. The molecule has 0 fully saturated rings. The SMILES string of the molecule is CCN(CC)S(=O)(=O)c1ccc(CNC(=O)CN(C)c2ccccc2)cc1. The Balaban J connectivity index is 1.92. The van der Waals surface area contributed by atoms with Crippen molar-refractivity contribution in [2.45, 2.75) is 25.3 Å². The molecule has 0 radical (unpaired) electrons. The number of hydrogen-bond acceptors (Lipinski definition) is 4. The number of amides is 1. The molecule has 0 aliphatic heterocycles. The summed E-state index contributed by atoms with van der Waals surface area (Å²) >= 11 is 0. The van der Waals surface area contributed by atoms with Gasteiger partial charge in [-0.05, 0) is 29.8 Å². The van der Waals surface area contributed by atoms with Gasteiger partial charge in [0, 0.05) is 32.4 Å². The van der Waals surface area contributed by atoms with E-state index in [2.05, 4.69) is 5.32 Å². The largest absolute Gasteiger partial charge is 0.365 e. The minimum Gasteiger partial charge on any atom is -0.365 e. The average molecular weight is 390 g/mol. The zero-order valence-corrected chi connectivity index (χ0v) is 16.9. The molecular formula is C20H27N3O3S. The van der Waals surface area contributed by atoms with E-state index in [1.165, 1.54) is 4.31 Å². The summed E-state index contributed by atoms with van der Waals surface area (Å²) in [5.41, 5.74) is 1.82. The van der Waals surface area contributed by atoms with Gasteiger partial charge in [0.1, 0.15) is 0 Å². The minimum atomic E-state index is -3.46. The van der Waals surface area contributed by atoms with Crippen LogP contribution in [-0.2, 0) is 21.4 Å². The first-order valence-electron chi connectivity index (χ1n) is 9.00. The lowest BCUT2D eigenvalue weighted by atomic mass is 10.2. The normalized spacial score (nSPS) is 11.4. The molecule has 1 amide bonds. The molecule has 6 nitrogen and oxygen atoms in total. The summed E-state index contributed by atoms with van der Waals surface area (Å²) in [6.07, 6.45) is 0. The van der Waals surface area contributed by atoms with E-state index in [4.69, 9.17) is 0 Å². The number of likely N-dealkylation sites (N-methyl/N-ethyl adjacent to an activating group) is 1. The van der Waals surface area contributed by atoms with Gasteiger partial charge < -0.3 is 10.2 Å². The first-order chi connectivity index (χ1) is 12.9.